The minimum atomic E-state index is -0.701. The van der Waals surface area contributed by atoms with Crippen LogP contribution in [0.5, 0.6) is 11.5 Å². The molecule has 7 heteroatoms. The number of amides is 1. The minimum absolute atomic E-state index is 0.0524. The van der Waals surface area contributed by atoms with Crippen molar-refractivity contribution in [3.05, 3.63) is 60.2 Å². The van der Waals surface area contributed by atoms with Crippen molar-refractivity contribution in [3.8, 4) is 11.5 Å². The summed E-state index contributed by atoms with van der Waals surface area (Å²) in [7, 11) is 1.31. The standard InChI is InChI=1S/C22H28N2O5/c1-22(2,3)29-21(26)24-15-19(20(25)27-4)23-14-16-10-12-18(13-11-16)28-17-8-6-5-7-9-17/h5-13,19,23H,14-15H2,1-4H3,(H,24,26). The molecule has 7 nitrogen and oxygen atoms in total. The Kier molecular flexibility index (Phi) is 8.03. The number of ether oxygens (including phenoxy) is 3. The molecule has 0 radical (unpaired) electrons. The van der Waals surface area contributed by atoms with Crippen molar-refractivity contribution < 1.29 is 23.8 Å². The highest BCUT2D eigenvalue weighted by molar-refractivity contribution is 5.77. The van der Waals surface area contributed by atoms with Gasteiger partial charge in [-0.25, -0.2) is 4.79 Å². The first-order valence-electron chi connectivity index (χ1n) is 9.37. The van der Waals surface area contributed by atoms with Gasteiger partial charge in [0.15, 0.2) is 0 Å². The molecule has 2 aromatic rings. The van der Waals surface area contributed by atoms with Gasteiger partial charge in [-0.1, -0.05) is 30.3 Å². The molecule has 2 rings (SSSR count). The third-order valence-corrected chi connectivity index (χ3v) is 3.79. The number of carbonyl (C=O) groups is 2. The molecule has 0 aliphatic heterocycles. The van der Waals surface area contributed by atoms with Gasteiger partial charge in [-0.2, -0.15) is 0 Å². The van der Waals surface area contributed by atoms with Crippen molar-refractivity contribution in [1.82, 2.24) is 10.6 Å². The molecule has 29 heavy (non-hydrogen) atoms. The molecule has 0 aliphatic carbocycles. The largest absolute Gasteiger partial charge is 0.468 e. The van der Waals surface area contributed by atoms with Gasteiger partial charge < -0.3 is 19.5 Å². The topological polar surface area (TPSA) is 85.9 Å². The quantitative estimate of drug-likeness (QED) is 0.658. The number of methoxy groups -OCH3 is 1. The van der Waals surface area contributed by atoms with E-state index in [9.17, 15) is 9.59 Å². The summed E-state index contributed by atoms with van der Waals surface area (Å²) >= 11 is 0. The van der Waals surface area contributed by atoms with E-state index in [1.54, 1.807) is 20.8 Å². The van der Waals surface area contributed by atoms with Crippen LogP contribution in [0.1, 0.15) is 26.3 Å². The number of carbonyl (C=O) groups excluding carboxylic acids is 2. The van der Waals surface area contributed by atoms with E-state index in [2.05, 4.69) is 10.6 Å². The van der Waals surface area contributed by atoms with Crippen molar-refractivity contribution in [3.63, 3.8) is 0 Å². The Bertz CT molecular complexity index is 785. The molecule has 0 aliphatic rings. The summed E-state index contributed by atoms with van der Waals surface area (Å²) in [5.74, 6) is 1.01. The molecule has 1 unspecified atom stereocenters. The van der Waals surface area contributed by atoms with E-state index in [0.29, 0.717) is 6.54 Å². The highest BCUT2D eigenvalue weighted by Gasteiger charge is 2.22. The predicted molar refractivity (Wildman–Crippen MR) is 110 cm³/mol. The lowest BCUT2D eigenvalue weighted by Gasteiger charge is -2.21. The summed E-state index contributed by atoms with van der Waals surface area (Å²) in [6.07, 6.45) is -0.587. The monoisotopic (exact) mass is 400 g/mol. The number of para-hydroxylation sites is 1. The minimum Gasteiger partial charge on any atom is -0.468 e. The van der Waals surface area contributed by atoms with Crippen molar-refractivity contribution in [2.45, 2.75) is 39.0 Å². The molecule has 2 aromatic carbocycles. The lowest BCUT2D eigenvalue weighted by molar-refractivity contribution is -0.143. The molecule has 0 saturated carbocycles. The maximum absolute atomic E-state index is 12.0. The second kappa shape index (κ2) is 10.5. The molecule has 156 valence electrons. The van der Waals surface area contributed by atoms with Gasteiger partial charge in [-0.3, -0.25) is 10.1 Å². The zero-order chi connectivity index (χ0) is 21.3. The zero-order valence-electron chi connectivity index (χ0n) is 17.2. The maximum atomic E-state index is 12.0. The van der Waals surface area contributed by atoms with Crippen LogP contribution in [0, 0.1) is 0 Å². The van der Waals surface area contributed by atoms with Crippen molar-refractivity contribution in [2.24, 2.45) is 0 Å². The van der Waals surface area contributed by atoms with E-state index < -0.39 is 23.7 Å². The first kappa shape index (κ1) is 22.2. The van der Waals surface area contributed by atoms with E-state index in [1.165, 1.54) is 7.11 Å². The van der Waals surface area contributed by atoms with Gasteiger partial charge in [-0.05, 0) is 50.6 Å². The van der Waals surface area contributed by atoms with E-state index >= 15 is 0 Å². The smallest absolute Gasteiger partial charge is 0.407 e. The fraction of sp³-hybridized carbons (Fsp3) is 0.364. The van der Waals surface area contributed by atoms with Gasteiger partial charge in [0.1, 0.15) is 23.1 Å². The van der Waals surface area contributed by atoms with E-state index in [-0.39, 0.29) is 6.54 Å². The van der Waals surface area contributed by atoms with Crippen LogP contribution in [0.3, 0.4) is 0 Å². The van der Waals surface area contributed by atoms with Crippen LogP contribution in [0.2, 0.25) is 0 Å². The van der Waals surface area contributed by atoms with Gasteiger partial charge >= 0.3 is 12.1 Å². The fourth-order valence-corrected chi connectivity index (χ4v) is 2.42. The highest BCUT2D eigenvalue weighted by atomic mass is 16.6. The van der Waals surface area contributed by atoms with Gasteiger partial charge in [0.2, 0.25) is 0 Å². The van der Waals surface area contributed by atoms with Crippen LogP contribution < -0.4 is 15.4 Å². The number of esters is 1. The number of benzene rings is 2. The first-order chi connectivity index (χ1) is 13.8. The summed E-state index contributed by atoms with van der Waals surface area (Å²) in [5, 5.41) is 5.67. The van der Waals surface area contributed by atoms with Crippen LogP contribution in [-0.2, 0) is 20.8 Å². The average molecular weight is 400 g/mol. The molecule has 0 spiro atoms. The summed E-state index contributed by atoms with van der Waals surface area (Å²) in [5.41, 5.74) is 0.346. The predicted octanol–water partition coefficient (Wildman–Crippen LogP) is 3.63. The molecule has 1 amide bonds. The van der Waals surface area contributed by atoms with Crippen LogP contribution in [0.4, 0.5) is 4.79 Å². The zero-order valence-corrected chi connectivity index (χ0v) is 17.2. The van der Waals surface area contributed by atoms with Crippen molar-refractivity contribution >= 4 is 12.1 Å². The fourth-order valence-electron chi connectivity index (χ4n) is 2.42. The number of alkyl carbamates (subject to hydrolysis) is 1. The second-order valence-corrected chi connectivity index (χ2v) is 7.40. The molecule has 0 bridgehead atoms. The van der Waals surface area contributed by atoms with Gasteiger partial charge in [0, 0.05) is 13.1 Å². The Morgan fingerprint density at radius 1 is 0.966 bits per heavy atom. The number of rotatable bonds is 8. The van der Waals surface area contributed by atoms with E-state index in [1.807, 2.05) is 54.6 Å². The highest BCUT2D eigenvalue weighted by Crippen LogP contribution is 2.21. The van der Waals surface area contributed by atoms with Crippen molar-refractivity contribution in [1.29, 1.82) is 0 Å². The molecule has 1 atom stereocenters. The van der Waals surface area contributed by atoms with Gasteiger partial charge in [0.25, 0.3) is 0 Å². The van der Waals surface area contributed by atoms with E-state index in [0.717, 1.165) is 17.1 Å². The average Bonchev–Trinajstić information content (AvgIpc) is 2.68. The Hall–Kier alpha value is -3.06. The molecule has 0 fully saturated rings. The second-order valence-electron chi connectivity index (χ2n) is 7.40. The SMILES string of the molecule is COC(=O)C(CNC(=O)OC(C)(C)C)NCc1ccc(Oc2ccccc2)cc1. The van der Waals surface area contributed by atoms with Gasteiger partial charge in [-0.15, -0.1) is 0 Å². The number of hydrogen-bond acceptors (Lipinski definition) is 6. The summed E-state index contributed by atoms with van der Waals surface area (Å²) in [4.78, 5) is 23.8. The maximum Gasteiger partial charge on any atom is 0.407 e. The molecule has 0 heterocycles. The van der Waals surface area contributed by atoms with E-state index in [4.69, 9.17) is 14.2 Å². The molecule has 0 saturated heterocycles. The normalized spacial score (nSPS) is 12.0. The molecular weight excluding hydrogens is 372 g/mol. The summed E-state index contributed by atoms with van der Waals surface area (Å²) in [6, 6.07) is 16.3. The Morgan fingerprint density at radius 2 is 1.59 bits per heavy atom. The van der Waals surface area contributed by atoms with Gasteiger partial charge in [0.05, 0.1) is 7.11 Å². The summed E-state index contributed by atoms with van der Waals surface area (Å²) in [6.45, 7) is 5.79. The van der Waals surface area contributed by atoms with Crippen LogP contribution in [0.25, 0.3) is 0 Å². The Morgan fingerprint density at radius 3 is 2.17 bits per heavy atom. The molecular formula is C22H28N2O5. The van der Waals surface area contributed by atoms with Crippen LogP contribution >= 0.6 is 0 Å². The lowest BCUT2D eigenvalue weighted by Crippen LogP contribution is -2.47. The molecule has 0 aromatic heterocycles. The lowest BCUT2D eigenvalue weighted by atomic mass is 10.2. The number of hydrogen-bond donors (Lipinski definition) is 2. The number of nitrogens with one attached hydrogen (secondary N) is 2. The third kappa shape index (κ3) is 8.23. The Labute approximate surface area is 171 Å². The molecule has 2 N–H and O–H groups in total. The first-order valence-corrected chi connectivity index (χ1v) is 9.37. The Balaban J connectivity index is 1.88. The summed E-state index contributed by atoms with van der Waals surface area (Å²) < 4.78 is 15.8. The van der Waals surface area contributed by atoms with Crippen LogP contribution in [-0.4, -0.2) is 37.4 Å². The van der Waals surface area contributed by atoms with Crippen molar-refractivity contribution in [2.75, 3.05) is 13.7 Å². The third-order valence-electron chi connectivity index (χ3n) is 3.79. The van der Waals surface area contributed by atoms with Crippen LogP contribution in [0.15, 0.2) is 54.6 Å².